The molecule has 2 N–H and O–H groups in total. The van der Waals surface area contributed by atoms with E-state index in [1.54, 1.807) is 18.2 Å². The summed E-state index contributed by atoms with van der Waals surface area (Å²) in [6.45, 7) is 1.88. The van der Waals surface area contributed by atoms with Gasteiger partial charge in [-0.1, -0.05) is 36.2 Å². The molecule has 0 heterocycles. The summed E-state index contributed by atoms with van der Waals surface area (Å²) in [5.41, 5.74) is 7.57. The van der Waals surface area contributed by atoms with Crippen molar-refractivity contribution < 1.29 is 0 Å². The van der Waals surface area contributed by atoms with E-state index in [1.165, 1.54) is 0 Å². The maximum absolute atomic E-state index is 8.83. The van der Waals surface area contributed by atoms with Crippen LogP contribution in [0, 0.1) is 11.3 Å². The van der Waals surface area contributed by atoms with Crippen molar-refractivity contribution in [1.29, 1.82) is 5.26 Å². The molecule has 0 aromatic heterocycles. The Bertz CT molecular complexity index is 444. The van der Waals surface area contributed by atoms with E-state index in [9.17, 15) is 0 Å². The Labute approximate surface area is 98.9 Å². The van der Waals surface area contributed by atoms with Crippen LogP contribution in [0.25, 0.3) is 5.70 Å². The summed E-state index contributed by atoms with van der Waals surface area (Å²) in [5, 5.41) is 9.75. The molecular formula is C11H10Cl2N2. The molecular weight excluding hydrogens is 231 g/mol. The van der Waals surface area contributed by atoms with Crippen molar-refractivity contribution in [3.63, 3.8) is 0 Å². The first-order chi connectivity index (χ1) is 7.10. The highest BCUT2D eigenvalue weighted by Crippen LogP contribution is 2.25. The van der Waals surface area contributed by atoms with Crippen LogP contribution in [0.1, 0.15) is 18.9 Å². The van der Waals surface area contributed by atoms with Gasteiger partial charge in [0, 0.05) is 0 Å². The van der Waals surface area contributed by atoms with E-state index in [2.05, 4.69) is 6.07 Å². The Morgan fingerprint density at radius 3 is 2.53 bits per heavy atom. The van der Waals surface area contributed by atoms with Gasteiger partial charge in [-0.25, -0.2) is 0 Å². The van der Waals surface area contributed by atoms with Gasteiger partial charge in [0.25, 0.3) is 0 Å². The Morgan fingerprint density at radius 1 is 1.40 bits per heavy atom. The van der Waals surface area contributed by atoms with Gasteiger partial charge in [0.15, 0.2) is 0 Å². The van der Waals surface area contributed by atoms with Gasteiger partial charge >= 0.3 is 0 Å². The van der Waals surface area contributed by atoms with E-state index in [0.29, 0.717) is 27.7 Å². The molecule has 1 aromatic carbocycles. The number of allylic oxidation sites excluding steroid dienone is 1. The van der Waals surface area contributed by atoms with Crippen molar-refractivity contribution in [2.45, 2.75) is 13.3 Å². The van der Waals surface area contributed by atoms with Gasteiger partial charge in [-0.2, -0.15) is 5.26 Å². The molecule has 1 aromatic rings. The van der Waals surface area contributed by atoms with Crippen LogP contribution in [0.2, 0.25) is 10.0 Å². The Morgan fingerprint density at radius 2 is 2.07 bits per heavy atom. The molecule has 1 rings (SSSR count). The minimum absolute atomic E-state index is 0.436. The van der Waals surface area contributed by atoms with Crippen molar-refractivity contribution in [2.24, 2.45) is 5.73 Å². The first kappa shape index (κ1) is 11.9. The van der Waals surface area contributed by atoms with Gasteiger partial charge in [-0.3, -0.25) is 0 Å². The molecule has 0 amide bonds. The Hall–Kier alpha value is -1.17. The SMILES string of the molecule is CC/C(C#N)=C(/N)c1ccc(Cl)c(Cl)c1. The van der Waals surface area contributed by atoms with Crippen molar-refractivity contribution in [2.75, 3.05) is 0 Å². The van der Waals surface area contributed by atoms with Gasteiger partial charge in [0.2, 0.25) is 0 Å². The predicted octanol–water partition coefficient (Wildman–Crippen LogP) is 3.60. The van der Waals surface area contributed by atoms with E-state index in [4.69, 9.17) is 34.2 Å². The first-order valence-corrected chi connectivity index (χ1v) is 5.19. The van der Waals surface area contributed by atoms with Gasteiger partial charge in [-0.15, -0.1) is 0 Å². The maximum Gasteiger partial charge on any atom is 0.0968 e. The zero-order valence-corrected chi connectivity index (χ0v) is 9.73. The number of nitrogens with zero attached hydrogens (tertiary/aromatic N) is 1. The zero-order chi connectivity index (χ0) is 11.4. The molecule has 0 aliphatic heterocycles. The highest BCUT2D eigenvalue weighted by Gasteiger charge is 2.06. The summed E-state index contributed by atoms with van der Waals surface area (Å²) in [6.07, 6.45) is 0.600. The molecule has 0 atom stereocenters. The lowest BCUT2D eigenvalue weighted by Crippen LogP contribution is -2.00. The predicted molar refractivity (Wildman–Crippen MR) is 63.5 cm³/mol. The topological polar surface area (TPSA) is 49.8 Å². The Balaban J connectivity index is 3.24. The number of nitriles is 1. The lowest BCUT2D eigenvalue weighted by Gasteiger charge is -2.05. The molecule has 0 spiro atoms. The second-order valence-electron chi connectivity index (χ2n) is 2.99. The fraction of sp³-hybridized carbons (Fsp3) is 0.182. The van der Waals surface area contributed by atoms with Crippen LogP contribution in [0.4, 0.5) is 0 Å². The normalized spacial score (nSPS) is 11.9. The number of benzene rings is 1. The van der Waals surface area contributed by atoms with E-state index < -0.39 is 0 Å². The largest absolute Gasteiger partial charge is 0.397 e. The fourth-order valence-corrected chi connectivity index (χ4v) is 1.47. The molecule has 2 nitrogen and oxygen atoms in total. The molecule has 0 aliphatic rings. The third-order valence-electron chi connectivity index (χ3n) is 2.04. The van der Waals surface area contributed by atoms with E-state index in [1.807, 2.05) is 6.92 Å². The summed E-state index contributed by atoms with van der Waals surface area (Å²) in [7, 11) is 0. The third kappa shape index (κ3) is 2.65. The number of nitrogens with two attached hydrogens (primary N) is 1. The molecule has 0 saturated carbocycles. The highest BCUT2D eigenvalue weighted by atomic mass is 35.5. The molecule has 0 saturated heterocycles. The van der Waals surface area contributed by atoms with E-state index >= 15 is 0 Å². The van der Waals surface area contributed by atoms with E-state index in [0.717, 1.165) is 5.56 Å². The number of halogens is 2. The first-order valence-electron chi connectivity index (χ1n) is 4.44. The summed E-state index contributed by atoms with van der Waals surface area (Å²) < 4.78 is 0. The molecule has 15 heavy (non-hydrogen) atoms. The zero-order valence-electron chi connectivity index (χ0n) is 8.22. The third-order valence-corrected chi connectivity index (χ3v) is 2.78. The van der Waals surface area contributed by atoms with Crippen LogP contribution in [0.15, 0.2) is 23.8 Å². The number of hydrogen-bond acceptors (Lipinski definition) is 2. The molecule has 0 aliphatic carbocycles. The van der Waals surface area contributed by atoms with Crippen molar-refractivity contribution >= 4 is 28.9 Å². The smallest absolute Gasteiger partial charge is 0.0968 e. The van der Waals surface area contributed by atoms with Gasteiger partial charge in [0.05, 0.1) is 27.4 Å². The van der Waals surface area contributed by atoms with Crippen molar-refractivity contribution in [1.82, 2.24) is 0 Å². The van der Waals surface area contributed by atoms with Gasteiger partial charge < -0.3 is 5.73 Å². The summed E-state index contributed by atoms with van der Waals surface area (Å²) in [4.78, 5) is 0. The molecule has 78 valence electrons. The minimum atomic E-state index is 0.436. The highest BCUT2D eigenvalue weighted by molar-refractivity contribution is 6.42. The summed E-state index contributed by atoms with van der Waals surface area (Å²) in [5.74, 6) is 0. The molecule has 0 fully saturated rings. The maximum atomic E-state index is 8.83. The van der Waals surface area contributed by atoms with Crippen LogP contribution in [0.3, 0.4) is 0 Å². The average molecular weight is 241 g/mol. The lowest BCUT2D eigenvalue weighted by atomic mass is 10.1. The summed E-state index contributed by atoms with van der Waals surface area (Å²) in [6, 6.07) is 7.13. The Kier molecular flexibility index (Phi) is 4.02. The number of rotatable bonds is 2. The molecule has 0 bridgehead atoms. The van der Waals surface area contributed by atoms with Crippen LogP contribution in [-0.2, 0) is 0 Å². The molecule has 4 heteroatoms. The molecule has 0 radical (unpaired) electrons. The second-order valence-corrected chi connectivity index (χ2v) is 3.80. The second kappa shape index (κ2) is 5.06. The van der Waals surface area contributed by atoms with E-state index in [-0.39, 0.29) is 0 Å². The van der Waals surface area contributed by atoms with Crippen LogP contribution < -0.4 is 5.73 Å². The summed E-state index contributed by atoms with van der Waals surface area (Å²) >= 11 is 11.6. The van der Waals surface area contributed by atoms with Crippen LogP contribution in [-0.4, -0.2) is 0 Å². The van der Waals surface area contributed by atoms with Gasteiger partial charge in [-0.05, 0) is 24.1 Å². The quantitative estimate of drug-likeness (QED) is 0.804. The number of hydrogen-bond donors (Lipinski definition) is 1. The fourth-order valence-electron chi connectivity index (χ4n) is 1.17. The standard InChI is InChI=1S/C11H10Cl2N2/c1-2-7(6-14)11(15)8-3-4-9(12)10(13)5-8/h3-5H,2,15H2,1H3/b11-7-. The van der Waals surface area contributed by atoms with Crippen LogP contribution >= 0.6 is 23.2 Å². The van der Waals surface area contributed by atoms with Crippen molar-refractivity contribution in [3.05, 3.63) is 39.4 Å². The minimum Gasteiger partial charge on any atom is -0.397 e. The van der Waals surface area contributed by atoms with Crippen LogP contribution in [0.5, 0.6) is 0 Å². The monoisotopic (exact) mass is 240 g/mol. The van der Waals surface area contributed by atoms with Gasteiger partial charge in [0.1, 0.15) is 0 Å². The lowest BCUT2D eigenvalue weighted by molar-refractivity contribution is 1.14. The molecule has 0 unspecified atom stereocenters. The van der Waals surface area contributed by atoms with Crippen molar-refractivity contribution in [3.8, 4) is 6.07 Å². The average Bonchev–Trinajstić information content (AvgIpc) is 2.23.